The molecule has 2 aromatic carbocycles. The second-order valence-electron chi connectivity index (χ2n) is 16.6. The van der Waals surface area contributed by atoms with Crippen LogP contribution in [0.3, 0.4) is 0 Å². The number of ether oxygens (including phenoxy) is 2. The van der Waals surface area contributed by atoms with Gasteiger partial charge in [-0.15, -0.1) is 0 Å². The smallest absolute Gasteiger partial charge is 0.408 e. The summed E-state index contributed by atoms with van der Waals surface area (Å²) in [7, 11) is 1.29. The molecule has 62 heavy (non-hydrogen) atoms. The van der Waals surface area contributed by atoms with Crippen molar-refractivity contribution in [3.63, 3.8) is 0 Å². The third kappa shape index (κ3) is 8.93. The third-order valence-electron chi connectivity index (χ3n) is 11.4. The molecule has 2 aliphatic rings. The lowest BCUT2D eigenvalue weighted by Gasteiger charge is -2.30. The van der Waals surface area contributed by atoms with Crippen molar-refractivity contribution in [2.45, 2.75) is 77.5 Å². The van der Waals surface area contributed by atoms with Crippen LogP contribution in [-0.4, -0.2) is 96.0 Å². The van der Waals surface area contributed by atoms with Crippen LogP contribution >= 0.6 is 11.3 Å². The second-order valence-corrected chi connectivity index (χ2v) is 17.6. The van der Waals surface area contributed by atoms with E-state index in [-0.39, 0.29) is 42.3 Å². The Morgan fingerprint density at radius 3 is 2.23 bits per heavy atom. The standard InChI is InChI=1S/C45H52N10O6S/c1-26(2)25-61-45(59)52-38(30-11-7-6-8-12-30)42(57)54-19-9-13-34(54)32-22-46-39(49-32)33-23-53-24-36(62-43(53)50-33)29-17-15-28(16-18-29)31-21-47-40(48-31)35-14-10-20-55(35)41(56)37(27(3)4)51-44(58)60-5/h6-8,11-12,15-18,21-24,26-27,34-35,37-38H,9-10,13-14,19-20,25H2,1-5H3,(H,46,49)(H,47,48)(H,51,58)(H,52,59)/t34?,35-,37-,38+/m0/s1. The molecule has 4 atom stereocenters. The molecule has 2 aliphatic heterocycles. The van der Waals surface area contributed by atoms with Gasteiger partial charge in [0, 0.05) is 25.5 Å². The molecule has 1 unspecified atom stereocenters. The molecule has 0 spiro atoms. The molecule has 4 aromatic heterocycles. The summed E-state index contributed by atoms with van der Waals surface area (Å²) in [5.74, 6) is 1.03. The Balaban J connectivity index is 0.929. The predicted octanol–water partition coefficient (Wildman–Crippen LogP) is 7.67. The van der Waals surface area contributed by atoms with Gasteiger partial charge in [0.2, 0.25) is 11.8 Å². The van der Waals surface area contributed by atoms with Crippen LogP contribution in [0.15, 0.2) is 79.4 Å². The zero-order valence-corrected chi connectivity index (χ0v) is 36.3. The first-order chi connectivity index (χ1) is 30.0. The van der Waals surface area contributed by atoms with E-state index in [1.807, 2.05) is 85.7 Å². The van der Waals surface area contributed by atoms with Crippen LogP contribution in [0, 0.1) is 11.8 Å². The minimum absolute atomic E-state index is 0.111. The van der Waals surface area contributed by atoms with Gasteiger partial charge in [0.05, 0.1) is 54.5 Å². The molecule has 17 heteroatoms. The lowest BCUT2D eigenvalue weighted by molar-refractivity contribution is -0.135. The topological polar surface area (TPSA) is 192 Å². The number of thiazole rings is 1. The molecule has 6 aromatic rings. The van der Waals surface area contributed by atoms with E-state index in [4.69, 9.17) is 14.5 Å². The maximum absolute atomic E-state index is 14.1. The van der Waals surface area contributed by atoms with E-state index in [1.165, 1.54) is 7.11 Å². The molecule has 2 fully saturated rings. The molecule has 16 nitrogen and oxygen atoms in total. The fourth-order valence-corrected chi connectivity index (χ4v) is 9.16. The summed E-state index contributed by atoms with van der Waals surface area (Å²) >= 11 is 1.57. The summed E-state index contributed by atoms with van der Waals surface area (Å²) < 4.78 is 12.1. The SMILES string of the molecule is COC(=O)N[C@H](C(=O)N1CCC[C@H]1c1ncc(-c2ccc(-c3cn4cc(-c5ncc(C6CCCN6C(=O)[C@H](NC(=O)OCC(C)C)c6ccccc6)[nH]5)nc4s3)cc2)[nH]1)C(C)C. The Labute approximate surface area is 363 Å². The summed E-state index contributed by atoms with van der Waals surface area (Å²) in [6.07, 6.45) is 9.50. The highest BCUT2D eigenvalue weighted by Crippen LogP contribution is 2.37. The van der Waals surface area contributed by atoms with Crippen molar-refractivity contribution in [3.05, 3.63) is 96.5 Å². The van der Waals surface area contributed by atoms with Gasteiger partial charge in [-0.1, -0.05) is 93.6 Å². The van der Waals surface area contributed by atoms with Crippen LogP contribution in [0.2, 0.25) is 0 Å². The lowest BCUT2D eigenvalue weighted by Crippen LogP contribution is -2.51. The number of nitrogens with one attached hydrogen (secondary N) is 4. The zero-order chi connectivity index (χ0) is 43.5. The molecule has 0 saturated carbocycles. The van der Waals surface area contributed by atoms with Crippen LogP contribution in [0.1, 0.15) is 88.6 Å². The number of methoxy groups -OCH3 is 1. The minimum atomic E-state index is -0.892. The fourth-order valence-electron chi connectivity index (χ4n) is 8.19. The summed E-state index contributed by atoms with van der Waals surface area (Å²) in [6, 6.07) is 15.4. The first-order valence-electron chi connectivity index (χ1n) is 21.1. The summed E-state index contributed by atoms with van der Waals surface area (Å²) in [5.41, 5.74) is 5.04. The van der Waals surface area contributed by atoms with E-state index in [9.17, 15) is 19.2 Å². The number of likely N-dealkylation sites (tertiary alicyclic amines) is 2. The zero-order valence-electron chi connectivity index (χ0n) is 35.5. The largest absolute Gasteiger partial charge is 0.453 e. The van der Waals surface area contributed by atoms with Crippen molar-refractivity contribution < 1.29 is 28.7 Å². The van der Waals surface area contributed by atoms with Crippen molar-refractivity contribution in [1.82, 2.24) is 49.8 Å². The first-order valence-corrected chi connectivity index (χ1v) is 21.9. The Morgan fingerprint density at radius 1 is 0.823 bits per heavy atom. The number of amides is 4. The maximum atomic E-state index is 14.1. The fraction of sp³-hybridized carbons (Fsp3) is 0.400. The molecule has 4 amide bonds. The lowest BCUT2D eigenvalue weighted by atomic mass is 10.0. The molecule has 0 radical (unpaired) electrons. The highest BCUT2D eigenvalue weighted by Gasteiger charge is 2.38. The highest BCUT2D eigenvalue weighted by molar-refractivity contribution is 7.20. The van der Waals surface area contributed by atoms with Gasteiger partial charge >= 0.3 is 12.2 Å². The molecule has 8 rings (SSSR count). The van der Waals surface area contributed by atoms with Crippen molar-refractivity contribution >= 4 is 40.3 Å². The number of benzene rings is 2. The average Bonchev–Trinajstić information content (AvgIpc) is 4.13. The van der Waals surface area contributed by atoms with E-state index in [0.717, 1.165) is 58.0 Å². The van der Waals surface area contributed by atoms with Crippen LogP contribution in [-0.2, 0) is 19.1 Å². The first kappa shape index (κ1) is 42.2. The Kier molecular flexibility index (Phi) is 12.4. The Bertz CT molecular complexity index is 2490. The van der Waals surface area contributed by atoms with E-state index < -0.39 is 24.3 Å². The van der Waals surface area contributed by atoms with Crippen LogP contribution in [0.25, 0.3) is 38.2 Å². The molecule has 0 bridgehead atoms. The number of carbonyl (C=O) groups excluding carboxylic acids is 4. The van der Waals surface area contributed by atoms with E-state index in [0.29, 0.717) is 36.0 Å². The number of rotatable bonds is 13. The molecule has 4 N–H and O–H groups in total. The summed E-state index contributed by atoms with van der Waals surface area (Å²) in [4.78, 5) is 79.0. The van der Waals surface area contributed by atoms with Crippen LogP contribution in [0.5, 0.6) is 0 Å². The second kappa shape index (κ2) is 18.2. The van der Waals surface area contributed by atoms with Gasteiger partial charge in [0.25, 0.3) is 0 Å². The monoisotopic (exact) mass is 860 g/mol. The van der Waals surface area contributed by atoms with Crippen molar-refractivity contribution in [3.8, 4) is 33.2 Å². The van der Waals surface area contributed by atoms with Gasteiger partial charge in [-0.05, 0) is 54.2 Å². The molecular formula is C45H52N10O6S. The van der Waals surface area contributed by atoms with Crippen molar-refractivity contribution in [2.75, 3.05) is 26.8 Å². The molecule has 6 heterocycles. The number of imidazole rings is 3. The van der Waals surface area contributed by atoms with Gasteiger partial charge in [-0.2, -0.15) is 0 Å². The number of H-pyrrole nitrogens is 2. The van der Waals surface area contributed by atoms with Gasteiger partial charge < -0.3 is 39.9 Å². The van der Waals surface area contributed by atoms with E-state index >= 15 is 0 Å². The van der Waals surface area contributed by atoms with Gasteiger partial charge in [-0.25, -0.2) is 24.5 Å². The van der Waals surface area contributed by atoms with E-state index in [2.05, 4.69) is 48.9 Å². The molecular weight excluding hydrogens is 809 g/mol. The van der Waals surface area contributed by atoms with Crippen LogP contribution in [0.4, 0.5) is 9.59 Å². The number of alkyl carbamates (subject to hydrolysis) is 2. The molecule has 324 valence electrons. The Morgan fingerprint density at radius 2 is 1.53 bits per heavy atom. The highest BCUT2D eigenvalue weighted by atomic mass is 32.1. The average molecular weight is 861 g/mol. The minimum Gasteiger partial charge on any atom is -0.453 e. The molecule has 2 saturated heterocycles. The Hall–Kier alpha value is -6.49. The summed E-state index contributed by atoms with van der Waals surface area (Å²) in [5, 5.41) is 5.51. The number of fused-ring (bicyclic) bond motifs is 1. The third-order valence-corrected chi connectivity index (χ3v) is 12.4. The number of nitrogens with zero attached hydrogens (tertiary/aromatic N) is 6. The van der Waals surface area contributed by atoms with Crippen LogP contribution < -0.4 is 10.6 Å². The van der Waals surface area contributed by atoms with Crippen molar-refractivity contribution in [1.29, 1.82) is 0 Å². The number of hydrogen-bond acceptors (Lipinski definition) is 10. The number of carbonyl (C=O) groups is 4. The van der Waals surface area contributed by atoms with Gasteiger partial charge in [0.15, 0.2) is 10.8 Å². The van der Waals surface area contributed by atoms with Gasteiger partial charge in [0.1, 0.15) is 23.6 Å². The quantitative estimate of drug-likeness (QED) is 0.0902. The maximum Gasteiger partial charge on any atom is 0.408 e. The summed E-state index contributed by atoms with van der Waals surface area (Å²) in [6.45, 7) is 9.11. The number of aromatic amines is 2. The number of hydrogen-bond donors (Lipinski definition) is 4. The van der Waals surface area contributed by atoms with Gasteiger partial charge in [-0.3, -0.25) is 14.0 Å². The van der Waals surface area contributed by atoms with Crippen molar-refractivity contribution in [2.24, 2.45) is 11.8 Å². The predicted molar refractivity (Wildman–Crippen MR) is 234 cm³/mol. The normalized spacial score (nSPS) is 17.5. The van der Waals surface area contributed by atoms with E-state index in [1.54, 1.807) is 28.6 Å². The number of aromatic nitrogens is 6. The molecule has 0 aliphatic carbocycles.